The first-order chi connectivity index (χ1) is 4.97. The Morgan fingerprint density at radius 3 is 2.30 bits per heavy atom. The molecular weight excluding hydrogens is 122 g/mol. The van der Waals surface area contributed by atoms with Gasteiger partial charge >= 0.3 is 0 Å². The summed E-state index contributed by atoms with van der Waals surface area (Å²) < 4.78 is 0. The van der Waals surface area contributed by atoms with Gasteiger partial charge in [-0.2, -0.15) is 0 Å². The molecule has 0 bridgehead atoms. The third-order valence-electron chi connectivity index (χ3n) is 1.97. The summed E-state index contributed by atoms with van der Waals surface area (Å²) in [6, 6.07) is 10.6. The van der Waals surface area contributed by atoms with E-state index in [0.717, 1.165) is 19.0 Å². The molecule has 0 saturated carbocycles. The van der Waals surface area contributed by atoms with Gasteiger partial charge in [-0.1, -0.05) is 30.3 Å². The second kappa shape index (κ2) is 2.43. The van der Waals surface area contributed by atoms with Crippen LogP contribution in [0.2, 0.25) is 0 Å². The minimum atomic E-state index is 0.723. The van der Waals surface area contributed by atoms with Crippen LogP contribution in [0, 0.1) is 0 Å². The summed E-state index contributed by atoms with van der Waals surface area (Å²) in [6.45, 7) is 2.06. The van der Waals surface area contributed by atoms with Crippen molar-refractivity contribution in [2.24, 2.45) is 0 Å². The van der Waals surface area contributed by atoms with Gasteiger partial charge in [0.05, 0.1) is 0 Å². The molecule has 1 aliphatic heterocycles. The highest BCUT2D eigenvalue weighted by Gasteiger charge is 2.18. The Labute approximate surface area is 61.1 Å². The molecule has 1 aromatic rings. The standard InChI is InChI=1S/C9H10N/c1-2-4-8(5-3-1)9-6-10-7-9/h1-5,9H,6-7H2. The number of hydrogen-bond donors (Lipinski definition) is 0. The van der Waals surface area contributed by atoms with E-state index in [-0.39, 0.29) is 0 Å². The lowest BCUT2D eigenvalue weighted by Crippen LogP contribution is -2.33. The minimum absolute atomic E-state index is 0.723. The maximum absolute atomic E-state index is 4.17. The van der Waals surface area contributed by atoms with Gasteiger partial charge in [-0.15, -0.1) is 0 Å². The van der Waals surface area contributed by atoms with Crippen LogP contribution in [0.5, 0.6) is 0 Å². The van der Waals surface area contributed by atoms with Gasteiger partial charge in [0, 0.05) is 19.0 Å². The van der Waals surface area contributed by atoms with Crippen molar-refractivity contribution < 1.29 is 0 Å². The third kappa shape index (κ3) is 0.929. The highest BCUT2D eigenvalue weighted by molar-refractivity contribution is 5.22. The van der Waals surface area contributed by atoms with E-state index >= 15 is 0 Å². The van der Waals surface area contributed by atoms with E-state index in [9.17, 15) is 0 Å². The largest absolute Gasteiger partial charge is 0.240 e. The molecule has 0 N–H and O–H groups in total. The zero-order valence-electron chi connectivity index (χ0n) is 5.83. The van der Waals surface area contributed by atoms with E-state index < -0.39 is 0 Å². The molecule has 10 heavy (non-hydrogen) atoms. The fraction of sp³-hybridized carbons (Fsp3) is 0.333. The Kier molecular flexibility index (Phi) is 1.44. The van der Waals surface area contributed by atoms with Gasteiger partial charge in [0.1, 0.15) is 0 Å². The highest BCUT2D eigenvalue weighted by atomic mass is 14.9. The van der Waals surface area contributed by atoms with Crippen molar-refractivity contribution in [2.45, 2.75) is 5.92 Å². The summed E-state index contributed by atoms with van der Waals surface area (Å²) in [5, 5.41) is 4.17. The average Bonchev–Trinajstić information content (AvgIpc) is 1.86. The minimum Gasteiger partial charge on any atom is -0.240 e. The first-order valence-corrected chi connectivity index (χ1v) is 3.65. The maximum atomic E-state index is 4.17. The normalized spacial score (nSPS) is 18.4. The molecular formula is C9H10N. The molecule has 1 saturated heterocycles. The molecule has 0 aromatic heterocycles. The first kappa shape index (κ1) is 5.93. The summed E-state index contributed by atoms with van der Waals surface area (Å²) >= 11 is 0. The summed E-state index contributed by atoms with van der Waals surface area (Å²) in [7, 11) is 0. The second-order valence-corrected chi connectivity index (χ2v) is 2.70. The number of benzene rings is 1. The van der Waals surface area contributed by atoms with E-state index in [1.807, 2.05) is 0 Å². The van der Waals surface area contributed by atoms with Crippen molar-refractivity contribution in [2.75, 3.05) is 13.1 Å². The lowest BCUT2D eigenvalue weighted by atomic mass is 9.94. The Bertz CT molecular complexity index is 201. The van der Waals surface area contributed by atoms with E-state index in [1.54, 1.807) is 0 Å². The zero-order chi connectivity index (χ0) is 6.81. The van der Waals surface area contributed by atoms with E-state index in [2.05, 4.69) is 35.6 Å². The van der Waals surface area contributed by atoms with Crippen LogP contribution in [0.1, 0.15) is 11.5 Å². The van der Waals surface area contributed by atoms with Gasteiger partial charge in [0.15, 0.2) is 0 Å². The van der Waals surface area contributed by atoms with Crippen LogP contribution in [0.3, 0.4) is 0 Å². The molecule has 0 unspecified atom stereocenters. The van der Waals surface area contributed by atoms with Crippen LogP contribution in [0.25, 0.3) is 0 Å². The summed E-state index contributed by atoms with van der Waals surface area (Å²) in [6.07, 6.45) is 0. The van der Waals surface area contributed by atoms with Crippen LogP contribution in [0.4, 0.5) is 0 Å². The molecule has 0 aliphatic carbocycles. The number of hydrogen-bond acceptors (Lipinski definition) is 0. The Balaban J connectivity index is 2.18. The Hall–Kier alpha value is -0.820. The highest BCUT2D eigenvalue weighted by Crippen LogP contribution is 2.19. The summed E-state index contributed by atoms with van der Waals surface area (Å²) in [5.74, 6) is 0.723. The van der Waals surface area contributed by atoms with Crippen molar-refractivity contribution in [3.63, 3.8) is 0 Å². The molecule has 1 aliphatic rings. The molecule has 1 heteroatoms. The fourth-order valence-electron chi connectivity index (χ4n) is 1.19. The first-order valence-electron chi connectivity index (χ1n) is 3.65. The van der Waals surface area contributed by atoms with E-state index in [4.69, 9.17) is 0 Å². The van der Waals surface area contributed by atoms with Crippen LogP contribution in [-0.4, -0.2) is 13.1 Å². The Morgan fingerprint density at radius 1 is 1.10 bits per heavy atom. The molecule has 2 rings (SSSR count). The molecule has 1 nitrogen and oxygen atoms in total. The number of rotatable bonds is 1. The van der Waals surface area contributed by atoms with Gasteiger partial charge in [-0.25, -0.2) is 5.32 Å². The molecule has 1 aromatic carbocycles. The summed E-state index contributed by atoms with van der Waals surface area (Å²) in [5.41, 5.74) is 1.44. The lowest BCUT2D eigenvalue weighted by molar-refractivity contribution is 0.437. The molecule has 0 atom stereocenters. The van der Waals surface area contributed by atoms with Crippen LogP contribution >= 0.6 is 0 Å². The van der Waals surface area contributed by atoms with Crippen molar-refractivity contribution in [1.82, 2.24) is 5.32 Å². The monoisotopic (exact) mass is 132 g/mol. The molecule has 1 radical (unpaired) electrons. The van der Waals surface area contributed by atoms with Gasteiger partial charge in [-0.3, -0.25) is 0 Å². The van der Waals surface area contributed by atoms with Gasteiger partial charge in [0.25, 0.3) is 0 Å². The molecule has 0 amide bonds. The van der Waals surface area contributed by atoms with Crippen molar-refractivity contribution in [3.8, 4) is 0 Å². The Morgan fingerprint density at radius 2 is 1.80 bits per heavy atom. The van der Waals surface area contributed by atoms with Crippen molar-refractivity contribution >= 4 is 0 Å². The second-order valence-electron chi connectivity index (χ2n) is 2.70. The van der Waals surface area contributed by atoms with Crippen LogP contribution in [0.15, 0.2) is 30.3 Å². The fourth-order valence-corrected chi connectivity index (χ4v) is 1.19. The van der Waals surface area contributed by atoms with Crippen LogP contribution in [-0.2, 0) is 0 Å². The SMILES string of the molecule is c1ccc(C2C[N]C2)cc1. The van der Waals surface area contributed by atoms with Gasteiger partial charge in [0.2, 0.25) is 0 Å². The van der Waals surface area contributed by atoms with Crippen molar-refractivity contribution in [1.29, 1.82) is 0 Å². The molecule has 51 valence electrons. The van der Waals surface area contributed by atoms with Crippen LogP contribution < -0.4 is 5.32 Å². The zero-order valence-corrected chi connectivity index (χ0v) is 5.83. The third-order valence-corrected chi connectivity index (χ3v) is 1.97. The average molecular weight is 132 g/mol. The van der Waals surface area contributed by atoms with E-state index in [0.29, 0.717) is 0 Å². The van der Waals surface area contributed by atoms with Gasteiger partial charge in [-0.05, 0) is 5.56 Å². The topological polar surface area (TPSA) is 14.1 Å². The predicted molar refractivity (Wildman–Crippen MR) is 41.1 cm³/mol. The van der Waals surface area contributed by atoms with Gasteiger partial charge < -0.3 is 0 Å². The molecule has 0 spiro atoms. The predicted octanol–water partition coefficient (Wildman–Crippen LogP) is 1.39. The molecule has 1 fully saturated rings. The van der Waals surface area contributed by atoms with Crippen molar-refractivity contribution in [3.05, 3.63) is 35.9 Å². The summed E-state index contributed by atoms with van der Waals surface area (Å²) in [4.78, 5) is 0. The smallest absolute Gasteiger partial charge is 0.0215 e. The van der Waals surface area contributed by atoms with E-state index in [1.165, 1.54) is 5.56 Å². The number of nitrogens with zero attached hydrogens (tertiary/aromatic N) is 1. The maximum Gasteiger partial charge on any atom is 0.0215 e. The lowest BCUT2D eigenvalue weighted by Gasteiger charge is -2.25. The molecule has 1 heterocycles. The quantitative estimate of drug-likeness (QED) is 0.548.